The first-order chi connectivity index (χ1) is 15.0. The normalized spacial score (nSPS) is 10.7. The molecule has 0 spiro atoms. The number of hydrogen-bond acceptors (Lipinski definition) is 4. The number of ether oxygens (including phenoxy) is 2. The molecule has 5 nitrogen and oxygen atoms in total. The predicted octanol–water partition coefficient (Wildman–Crippen LogP) is 5.96. The third kappa shape index (κ3) is 6.62. The van der Waals surface area contributed by atoms with Crippen molar-refractivity contribution in [3.8, 4) is 11.5 Å². The van der Waals surface area contributed by atoms with Gasteiger partial charge in [0.05, 0.1) is 22.2 Å². The van der Waals surface area contributed by atoms with Crippen LogP contribution >= 0.6 is 23.2 Å². The molecule has 3 aromatic rings. The van der Waals surface area contributed by atoms with Gasteiger partial charge in [0, 0.05) is 13.1 Å². The summed E-state index contributed by atoms with van der Waals surface area (Å²) >= 11 is 12.0. The minimum atomic E-state index is -0.926. The summed E-state index contributed by atoms with van der Waals surface area (Å²) in [6.07, 6.45) is 0. The molecule has 0 unspecified atom stereocenters. The fraction of sp³-hybridized carbons (Fsp3) is 0.208. The second-order valence-electron chi connectivity index (χ2n) is 6.86. The van der Waals surface area contributed by atoms with Gasteiger partial charge in [-0.3, -0.25) is 0 Å². The first kappa shape index (κ1) is 22.9. The molecule has 0 heterocycles. The molecule has 3 aromatic carbocycles. The van der Waals surface area contributed by atoms with Gasteiger partial charge in [0.2, 0.25) is 0 Å². The lowest BCUT2D eigenvalue weighted by Crippen LogP contribution is -2.13. The van der Waals surface area contributed by atoms with E-state index in [4.69, 9.17) is 37.8 Å². The Kier molecular flexibility index (Phi) is 8.18. The van der Waals surface area contributed by atoms with Gasteiger partial charge in [-0.25, -0.2) is 4.79 Å². The van der Waals surface area contributed by atoms with Crippen LogP contribution in [-0.2, 0) is 19.7 Å². The number of aromatic carboxylic acids is 1. The Bertz CT molecular complexity index is 1040. The van der Waals surface area contributed by atoms with Crippen molar-refractivity contribution in [3.63, 3.8) is 0 Å². The molecule has 0 aliphatic heterocycles. The van der Waals surface area contributed by atoms with Crippen LogP contribution in [0.15, 0.2) is 60.7 Å². The maximum Gasteiger partial charge on any atom is 0.335 e. The molecule has 162 valence electrons. The number of carbonyl (C=O) groups is 1. The van der Waals surface area contributed by atoms with Gasteiger partial charge in [0.25, 0.3) is 0 Å². The maximum absolute atomic E-state index is 10.9. The average molecular weight is 460 g/mol. The number of carboxylic acids is 1. The Morgan fingerprint density at radius 1 is 0.839 bits per heavy atom. The largest absolute Gasteiger partial charge is 0.490 e. The van der Waals surface area contributed by atoms with Crippen LogP contribution < -0.4 is 14.8 Å². The molecule has 0 fully saturated rings. The lowest BCUT2D eigenvalue weighted by molar-refractivity contribution is 0.0697. The smallest absolute Gasteiger partial charge is 0.335 e. The van der Waals surface area contributed by atoms with Crippen LogP contribution in [0.25, 0.3) is 0 Å². The van der Waals surface area contributed by atoms with E-state index >= 15 is 0 Å². The number of benzene rings is 3. The highest BCUT2D eigenvalue weighted by atomic mass is 35.5. The van der Waals surface area contributed by atoms with Gasteiger partial charge >= 0.3 is 5.97 Å². The monoisotopic (exact) mass is 459 g/mol. The van der Waals surface area contributed by atoms with Crippen molar-refractivity contribution in [1.29, 1.82) is 0 Å². The van der Waals surface area contributed by atoms with Crippen molar-refractivity contribution >= 4 is 29.2 Å². The van der Waals surface area contributed by atoms with E-state index in [0.717, 1.165) is 16.7 Å². The maximum atomic E-state index is 10.9. The SMILES string of the molecule is CCOc1cc(CNCc2ccc(C(=O)O)cc2)ccc1OCc1ccc(Cl)c(Cl)c1. The highest BCUT2D eigenvalue weighted by Crippen LogP contribution is 2.30. The van der Waals surface area contributed by atoms with Crippen molar-refractivity contribution in [3.05, 3.63) is 93.0 Å². The molecule has 0 bridgehead atoms. The molecule has 2 N–H and O–H groups in total. The van der Waals surface area contributed by atoms with Gasteiger partial charge in [-0.15, -0.1) is 0 Å². The molecular formula is C24H23Cl2NO4. The number of halogens is 2. The van der Waals surface area contributed by atoms with E-state index in [9.17, 15) is 4.79 Å². The zero-order chi connectivity index (χ0) is 22.2. The zero-order valence-electron chi connectivity index (χ0n) is 17.0. The fourth-order valence-electron chi connectivity index (χ4n) is 2.96. The van der Waals surface area contributed by atoms with Crippen LogP contribution in [0.4, 0.5) is 0 Å². The number of nitrogens with one attached hydrogen (secondary N) is 1. The van der Waals surface area contributed by atoms with E-state index in [1.54, 1.807) is 24.3 Å². The third-order valence-electron chi connectivity index (χ3n) is 4.55. The van der Waals surface area contributed by atoms with Gasteiger partial charge in [0.1, 0.15) is 6.61 Å². The summed E-state index contributed by atoms with van der Waals surface area (Å²) in [6, 6.07) is 18.0. The Labute approximate surface area is 191 Å². The summed E-state index contributed by atoms with van der Waals surface area (Å²) in [5, 5.41) is 13.3. The summed E-state index contributed by atoms with van der Waals surface area (Å²) < 4.78 is 11.7. The van der Waals surface area contributed by atoms with Crippen LogP contribution in [0, 0.1) is 0 Å². The second kappa shape index (κ2) is 11.0. The lowest BCUT2D eigenvalue weighted by Gasteiger charge is -2.14. The third-order valence-corrected chi connectivity index (χ3v) is 5.28. The summed E-state index contributed by atoms with van der Waals surface area (Å²) in [7, 11) is 0. The van der Waals surface area contributed by atoms with Crippen molar-refractivity contribution in [2.45, 2.75) is 26.6 Å². The highest BCUT2D eigenvalue weighted by molar-refractivity contribution is 6.42. The minimum Gasteiger partial charge on any atom is -0.490 e. The van der Waals surface area contributed by atoms with Gasteiger partial charge in [-0.05, 0) is 60.0 Å². The molecule has 7 heteroatoms. The second-order valence-corrected chi connectivity index (χ2v) is 7.67. The summed E-state index contributed by atoms with van der Waals surface area (Å²) in [4.78, 5) is 10.9. The Morgan fingerprint density at radius 2 is 1.52 bits per heavy atom. The van der Waals surface area contributed by atoms with Crippen molar-refractivity contribution in [2.75, 3.05) is 6.61 Å². The molecule has 0 amide bonds. The summed E-state index contributed by atoms with van der Waals surface area (Å²) in [5.41, 5.74) is 3.25. The van der Waals surface area contributed by atoms with Gasteiger partial charge in [-0.1, -0.05) is 47.5 Å². The quantitative estimate of drug-likeness (QED) is 0.391. The summed E-state index contributed by atoms with van der Waals surface area (Å²) in [5.74, 6) is 0.401. The summed E-state index contributed by atoms with van der Waals surface area (Å²) in [6.45, 7) is 4.05. The molecule has 0 atom stereocenters. The zero-order valence-corrected chi connectivity index (χ0v) is 18.5. The number of carboxylic acid groups (broad SMARTS) is 1. The standard InChI is InChI=1S/C24H23Cl2NO4/c1-2-30-23-12-17(14-27-13-16-3-7-19(8-4-16)24(28)29)6-10-22(23)31-15-18-5-9-20(25)21(26)11-18/h3-12,27H,2,13-15H2,1H3,(H,28,29). The molecule has 0 aliphatic rings. The van der Waals surface area contributed by atoms with E-state index in [1.807, 2.05) is 43.3 Å². The average Bonchev–Trinajstić information content (AvgIpc) is 2.76. The van der Waals surface area contributed by atoms with Crippen LogP contribution in [0.1, 0.15) is 34.0 Å². The van der Waals surface area contributed by atoms with E-state index in [0.29, 0.717) is 47.8 Å². The Morgan fingerprint density at radius 3 is 2.19 bits per heavy atom. The predicted molar refractivity (Wildman–Crippen MR) is 122 cm³/mol. The van der Waals surface area contributed by atoms with Gasteiger partial charge in [-0.2, -0.15) is 0 Å². The van der Waals surface area contributed by atoms with Crippen molar-refractivity contribution in [2.24, 2.45) is 0 Å². The molecule has 0 saturated heterocycles. The minimum absolute atomic E-state index is 0.279. The van der Waals surface area contributed by atoms with Crippen molar-refractivity contribution < 1.29 is 19.4 Å². The fourth-order valence-corrected chi connectivity index (χ4v) is 3.28. The van der Waals surface area contributed by atoms with Crippen LogP contribution in [0.3, 0.4) is 0 Å². The van der Waals surface area contributed by atoms with Gasteiger partial charge < -0.3 is 19.9 Å². The van der Waals surface area contributed by atoms with Crippen LogP contribution in [-0.4, -0.2) is 17.7 Å². The Hall–Kier alpha value is -2.73. The van der Waals surface area contributed by atoms with E-state index in [1.165, 1.54) is 0 Å². The molecule has 0 radical (unpaired) electrons. The topological polar surface area (TPSA) is 67.8 Å². The van der Waals surface area contributed by atoms with E-state index in [-0.39, 0.29) is 5.56 Å². The van der Waals surface area contributed by atoms with Gasteiger partial charge in [0.15, 0.2) is 11.5 Å². The molecule has 0 saturated carbocycles. The van der Waals surface area contributed by atoms with Crippen LogP contribution in [0.2, 0.25) is 10.0 Å². The highest BCUT2D eigenvalue weighted by Gasteiger charge is 2.08. The number of hydrogen-bond donors (Lipinski definition) is 2. The molecule has 31 heavy (non-hydrogen) atoms. The van der Waals surface area contributed by atoms with E-state index in [2.05, 4.69) is 5.32 Å². The van der Waals surface area contributed by atoms with Crippen molar-refractivity contribution in [1.82, 2.24) is 5.32 Å². The molecule has 0 aliphatic carbocycles. The Balaban J connectivity index is 1.59. The van der Waals surface area contributed by atoms with E-state index < -0.39 is 5.97 Å². The lowest BCUT2D eigenvalue weighted by atomic mass is 10.1. The first-order valence-corrected chi connectivity index (χ1v) is 10.6. The van der Waals surface area contributed by atoms with Crippen LogP contribution in [0.5, 0.6) is 11.5 Å². The molecular weight excluding hydrogens is 437 g/mol. The first-order valence-electron chi connectivity index (χ1n) is 9.81. The molecule has 0 aromatic heterocycles. The molecule has 3 rings (SSSR count). The number of rotatable bonds is 10.